The van der Waals surface area contributed by atoms with Crippen molar-refractivity contribution in [2.24, 2.45) is 5.92 Å². The van der Waals surface area contributed by atoms with Gasteiger partial charge in [0.15, 0.2) is 6.61 Å². The van der Waals surface area contributed by atoms with E-state index in [4.69, 9.17) is 9.47 Å². The minimum Gasteiger partial charge on any atom is -0.467 e. The van der Waals surface area contributed by atoms with Crippen LogP contribution in [0.25, 0.3) is 0 Å². The lowest BCUT2D eigenvalue weighted by Crippen LogP contribution is -2.47. The fourth-order valence-corrected chi connectivity index (χ4v) is 2.62. The van der Waals surface area contributed by atoms with Gasteiger partial charge in [-0.3, -0.25) is 4.79 Å². The molecular weight excluding hydrogens is 348 g/mol. The Morgan fingerprint density at radius 3 is 2.15 bits per heavy atom. The van der Waals surface area contributed by atoms with Gasteiger partial charge in [0.2, 0.25) is 0 Å². The van der Waals surface area contributed by atoms with Gasteiger partial charge in [-0.1, -0.05) is 20.3 Å². The lowest BCUT2D eigenvalue weighted by Gasteiger charge is -2.22. The van der Waals surface area contributed by atoms with Crippen LogP contribution in [0.15, 0.2) is 24.3 Å². The van der Waals surface area contributed by atoms with Gasteiger partial charge in [0.05, 0.1) is 12.7 Å². The van der Waals surface area contributed by atoms with E-state index in [1.165, 1.54) is 7.11 Å². The molecule has 0 bridgehead atoms. The third kappa shape index (κ3) is 6.58. The average molecular weight is 378 g/mol. The fourth-order valence-electron chi connectivity index (χ4n) is 2.62. The number of carbonyl (C=O) groups excluding carboxylic acids is 3. The Bertz CT molecular complexity index is 626. The first kappa shape index (κ1) is 22.5. The van der Waals surface area contributed by atoms with Gasteiger partial charge >= 0.3 is 11.9 Å². The molecule has 0 saturated carbocycles. The van der Waals surface area contributed by atoms with Gasteiger partial charge in [0, 0.05) is 18.8 Å². The molecule has 1 amide bonds. The number of amides is 1. The number of methoxy groups -OCH3 is 1. The number of ether oxygens (including phenoxy) is 2. The summed E-state index contributed by atoms with van der Waals surface area (Å²) in [5.74, 6) is -1.74. The Kier molecular flexibility index (Phi) is 9.33. The molecule has 1 aromatic rings. The van der Waals surface area contributed by atoms with Crippen LogP contribution in [0.3, 0.4) is 0 Å². The zero-order valence-corrected chi connectivity index (χ0v) is 16.8. The van der Waals surface area contributed by atoms with E-state index >= 15 is 0 Å². The Morgan fingerprint density at radius 1 is 1.07 bits per heavy atom. The van der Waals surface area contributed by atoms with Crippen LogP contribution in [0, 0.1) is 5.92 Å². The van der Waals surface area contributed by atoms with Gasteiger partial charge in [-0.25, -0.2) is 9.59 Å². The van der Waals surface area contributed by atoms with E-state index in [0.29, 0.717) is 12.0 Å². The summed E-state index contributed by atoms with van der Waals surface area (Å²) in [7, 11) is 1.27. The molecule has 27 heavy (non-hydrogen) atoms. The van der Waals surface area contributed by atoms with Crippen LogP contribution in [0.4, 0.5) is 5.69 Å². The maximum Gasteiger partial charge on any atom is 0.338 e. The molecule has 1 N–H and O–H groups in total. The molecule has 0 aromatic heterocycles. The summed E-state index contributed by atoms with van der Waals surface area (Å²) in [5.41, 5.74) is 1.38. The Hall–Kier alpha value is -2.57. The quantitative estimate of drug-likeness (QED) is 0.629. The SMILES string of the molecule is CCC(C)C(NC(=O)COC(=O)c1ccc(N(CC)CC)cc1)C(=O)OC. The highest BCUT2D eigenvalue weighted by atomic mass is 16.5. The van der Waals surface area contributed by atoms with Crippen LogP contribution in [0.2, 0.25) is 0 Å². The van der Waals surface area contributed by atoms with E-state index in [1.54, 1.807) is 12.1 Å². The second-order valence-electron chi connectivity index (χ2n) is 6.25. The normalized spacial score (nSPS) is 12.6. The molecular formula is C20H30N2O5. The topological polar surface area (TPSA) is 84.9 Å². The van der Waals surface area contributed by atoms with Gasteiger partial charge in [-0.15, -0.1) is 0 Å². The number of carbonyl (C=O) groups is 3. The second kappa shape index (κ2) is 11.2. The van der Waals surface area contributed by atoms with Crippen LogP contribution >= 0.6 is 0 Å². The number of anilines is 1. The number of hydrogen-bond donors (Lipinski definition) is 1. The first-order chi connectivity index (χ1) is 12.9. The standard InChI is InChI=1S/C20H30N2O5/c1-6-14(4)18(20(25)26-5)21-17(23)13-27-19(24)15-9-11-16(12-10-15)22(7-2)8-3/h9-12,14,18H,6-8,13H2,1-5H3,(H,21,23). The number of esters is 2. The zero-order valence-electron chi connectivity index (χ0n) is 16.8. The molecule has 1 aromatic carbocycles. The van der Waals surface area contributed by atoms with E-state index in [2.05, 4.69) is 24.1 Å². The first-order valence-corrected chi connectivity index (χ1v) is 9.27. The van der Waals surface area contributed by atoms with Crippen molar-refractivity contribution < 1.29 is 23.9 Å². The number of rotatable bonds is 10. The van der Waals surface area contributed by atoms with Crippen LogP contribution < -0.4 is 10.2 Å². The van der Waals surface area contributed by atoms with Crippen molar-refractivity contribution in [3.8, 4) is 0 Å². The number of benzene rings is 1. The minimum absolute atomic E-state index is 0.0928. The second-order valence-corrected chi connectivity index (χ2v) is 6.25. The molecule has 0 radical (unpaired) electrons. The third-order valence-electron chi connectivity index (χ3n) is 4.55. The molecule has 0 saturated heterocycles. The Balaban J connectivity index is 2.62. The molecule has 150 valence electrons. The van der Waals surface area contributed by atoms with Crippen LogP contribution in [0.5, 0.6) is 0 Å². The van der Waals surface area contributed by atoms with Crippen molar-refractivity contribution in [2.75, 3.05) is 31.7 Å². The fraction of sp³-hybridized carbons (Fsp3) is 0.550. The molecule has 0 heterocycles. The number of hydrogen-bond acceptors (Lipinski definition) is 6. The highest BCUT2D eigenvalue weighted by Crippen LogP contribution is 2.15. The predicted molar refractivity (Wildman–Crippen MR) is 104 cm³/mol. The van der Waals surface area contributed by atoms with Crippen molar-refractivity contribution in [2.45, 2.75) is 40.2 Å². The Morgan fingerprint density at radius 2 is 1.67 bits per heavy atom. The summed E-state index contributed by atoms with van der Waals surface area (Å²) in [5, 5.41) is 2.57. The summed E-state index contributed by atoms with van der Waals surface area (Å²) in [6.45, 7) is 9.16. The van der Waals surface area contributed by atoms with E-state index in [-0.39, 0.29) is 5.92 Å². The van der Waals surface area contributed by atoms with Gasteiger partial charge in [-0.2, -0.15) is 0 Å². The van der Waals surface area contributed by atoms with E-state index in [1.807, 2.05) is 26.0 Å². The largest absolute Gasteiger partial charge is 0.467 e. The molecule has 2 unspecified atom stereocenters. The van der Waals surface area contributed by atoms with E-state index in [0.717, 1.165) is 18.8 Å². The summed E-state index contributed by atoms with van der Waals surface area (Å²) in [6, 6.07) is 6.27. The number of nitrogens with one attached hydrogen (secondary N) is 1. The monoisotopic (exact) mass is 378 g/mol. The van der Waals surface area contributed by atoms with E-state index < -0.39 is 30.5 Å². The molecule has 7 nitrogen and oxygen atoms in total. The molecule has 0 fully saturated rings. The van der Waals surface area contributed by atoms with Gasteiger partial charge in [-0.05, 0) is 44.0 Å². The van der Waals surface area contributed by atoms with Gasteiger partial charge in [0.1, 0.15) is 6.04 Å². The van der Waals surface area contributed by atoms with Gasteiger partial charge < -0.3 is 19.7 Å². The van der Waals surface area contributed by atoms with Crippen molar-refractivity contribution in [3.05, 3.63) is 29.8 Å². The van der Waals surface area contributed by atoms with Crippen LogP contribution in [0.1, 0.15) is 44.5 Å². The molecule has 0 aliphatic carbocycles. The maximum atomic E-state index is 12.1. The molecule has 0 aliphatic rings. The summed E-state index contributed by atoms with van der Waals surface area (Å²) < 4.78 is 9.77. The third-order valence-corrected chi connectivity index (χ3v) is 4.55. The molecule has 1 rings (SSSR count). The molecule has 0 spiro atoms. The van der Waals surface area contributed by atoms with Crippen molar-refractivity contribution in [1.29, 1.82) is 0 Å². The highest BCUT2D eigenvalue weighted by Gasteiger charge is 2.27. The van der Waals surface area contributed by atoms with Crippen LogP contribution in [-0.2, 0) is 19.1 Å². The summed E-state index contributed by atoms with van der Waals surface area (Å²) >= 11 is 0. The lowest BCUT2D eigenvalue weighted by molar-refractivity contribution is -0.147. The smallest absolute Gasteiger partial charge is 0.338 e. The average Bonchev–Trinajstić information content (AvgIpc) is 2.70. The number of nitrogens with zero attached hydrogens (tertiary/aromatic N) is 1. The van der Waals surface area contributed by atoms with Crippen molar-refractivity contribution in [1.82, 2.24) is 5.32 Å². The van der Waals surface area contributed by atoms with Gasteiger partial charge in [0.25, 0.3) is 5.91 Å². The zero-order chi connectivity index (χ0) is 20.4. The maximum absolute atomic E-state index is 12.1. The minimum atomic E-state index is -0.764. The highest BCUT2D eigenvalue weighted by molar-refractivity contribution is 5.92. The molecule has 2 atom stereocenters. The summed E-state index contributed by atoms with van der Waals surface area (Å²) in [4.78, 5) is 38.1. The Labute approximate surface area is 161 Å². The first-order valence-electron chi connectivity index (χ1n) is 9.27. The van der Waals surface area contributed by atoms with E-state index in [9.17, 15) is 14.4 Å². The van der Waals surface area contributed by atoms with Crippen molar-refractivity contribution in [3.63, 3.8) is 0 Å². The van der Waals surface area contributed by atoms with Crippen LogP contribution in [-0.4, -0.2) is 50.7 Å². The molecule has 0 aliphatic heterocycles. The van der Waals surface area contributed by atoms with Crippen molar-refractivity contribution >= 4 is 23.5 Å². The lowest BCUT2D eigenvalue weighted by atomic mass is 9.99. The molecule has 7 heteroatoms. The predicted octanol–water partition coefficient (Wildman–Crippen LogP) is 2.39. The summed E-state index contributed by atoms with van der Waals surface area (Å²) in [6.07, 6.45) is 0.693.